The summed E-state index contributed by atoms with van der Waals surface area (Å²) in [6.07, 6.45) is 0. The van der Waals surface area contributed by atoms with Crippen LogP contribution in [0, 0.1) is 13.8 Å². The van der Waals surface area contributed by atoms with Crippen molar-refractivity contribution >= 4 is 5.91 Å². The fourth-order valence-electron chi connectivity index (χ4n) is 1.17. The van der Waals surface area contributed by atoms with Crippen molar-refractivity contribution in [3.63, 3.8) is 0 Å². The average molecular weight is 179 g/mol. The van der Waals surface area contributed by atoms with Crippen LogP contribution in [0.4, 0.5) is 0 Å². The lowest BCUT2D eigenvalue weighted by molar-refractivity contribution is -0.119. The molecule has 0 aliphatic rings. The molecule has 13 heavy (non-hydrogen) atoms. The van der Waals surface area contributed by atoms with E-state index in [1.54, 1.807) is 0 Å². The number of hydrogen-bond donors (Lipinski definition) is 1. The van der Waals surface area contributed by atoms with Gasteiger partial charge >= 0.3 is 0 Å². The van der Waals surface area contributed by atoms with Gasteiger partial charge in [-0.2, -0.15) is 0 Å². The van der Waals surface area contributed by atoms with Crippen LogP contribution in [-0.4, -0.2) is 12.5 Å². The number of amides is 1. The molecule has 0 bridgehead atoms. The van der Waals surface area contributed by atoms with Crippen LogP contribution in [0.3, 0.4) is 0 Å². The molecule has 0 aliphatic heterocycles. The Morgan fingerprint density at radius 2 is 1.85 bits per heavy atom. The molecule has 70 valence electrons. The van der Waals surface area contributed by atoms with Crippen LogP contribution < -0.4 is 10.5 Å². The van der Waals surface area contributed by atoms with Crippen molar-refractivity contribution in [1.29, 1.82) is 0 Å². The maximum absolute atomic E-state index is 10.4. The zero-order chi connectivity index (χ0) is 9.84. The molecule has 0 saturated heterocycles. The van der Waals surface area contributed by atoms with Crippen LogP contribution in [0.1, 0.15) is 11.1 Å². The van der Waals surface area contributed by atoms with E-state index in [0.29, 0.717) is 5.75 Å². The van der Waals surface area contributed by atoms with Gasteiger partial charge in [0.2, 0.25) is 0 Å². The Labute approximate surface area is 77.5 Å². The number of hydrogen-bond acceptors (Lipinski definition) is 2. The molecular weight excluding hydrogens is 166 g/mol. The zero-order valence-corrected chi connectivity index (χ0v) is 7.83. The molecule has 0 heterocycles. The highest BCUT2D eigenvalue weighted by Gasteiger charge is 1.98. The lowest BCUT2D eigenvalue weighted by Gasteiger charge is -2.05. The maximum Gasteiger partial charge on any atom is 0.255 e. The Hall–Kier alpha value is -1.51. The molecule has 0 spiro atoms. The number of ether oxygens (including phenoxy) is 1. The van der Waals surface area contributed by atoms with Gasteiger partial charge in [-0.1, -0.05) is 6.07 Å². The first-order valence-electron chi connectivity index (χ1n) is 4.07. The molecule has 0 saturated carbocycles. The van der Waals surface area contributed by atoms with E-state index in [4.69, 9.17) is 10.5 Å². The third-order valence-electron chi connectivity index (χ3n) is 1.58. The second-order valence-corrected chi connectivity index (χ2v) is 3.08. The van der Waals surface area contributed by atoms with Crippen LogP contribution in [0.15, 0.2) is 18.2 Å². The van der Waals surface area contributed by atoms with Gasteiger partial charge in [0, 0.05) is 0 Å². The SMILES string of the molecule is Cc1cc(C)cc(OCC(N)=O)c1. The predicted molar refractivity (Wildman–Crippen MR) is 50.6 cm³/mol. The second-order valence-electron chi connectivity index (χ2n) is 3.08. The van der Waals surface area contributed by atoms with Crippen LogP contribution in [0.5, 0.6) is 5.75 Å². The lowest BCUT2D eigenvalue weighted by Crippen LogP contribution is -2.20. The number of benzene rings is 1. The molecule has 0 unspecified atom stereocenters. The topological polar surface area (TPSA) is 52.3 Å². The Bertz CT molecular complexity index is 300. The normalized spacial score (nSPS) is 9.69. The van der Waals surface area contributed by atoms with Gasteiger partial charge in [-0.3, -0.25) is 4.79 Å². The summed E-state index contributed by atoms with van der Waals surface area (Å²) in [4.78, 5) is 10.4. The van der Waals surface area contributed by atoms with E-state index >= 15 is 0 Å². The van der Waals surface area contributed by atoms with E-state index < -0.39 is 5.91 Å². The van der Waals surface area contributed by atoms with Crippen molar-refractivity contribution in [3.8, 4) is 5.75 Å². The maximum atomic E-state index is 10.4. The second kappa shape index (κ2) is 3.94. The third kappa shape index (κ3) is 3.15. The minimum absolute atomic E-state index is 0.0666. The fourth-order valence-corrected chi connectivity index (χ4v) is 1.17. The highest BCUT2D eigenvalue weighted by molar-refractivity contribution is 5.75. The standard InChI is InChI=1S/C10H13NO2/c1-7-3-8(2)5-9(4-7)13-6-10(11)12/h3-5H,6H2,1-2H3,(H2,11,12). The third-order valence-corrected chi connectivity index (χ3v) is 1.58. The largest absolute Gasteiger partial charge is 0.484 e. The molecular formula is C10H13NO2. The van der Waals surface area contributed by atoms with Crippen LogP contribution in [0.2, 0.25) is 0 Å². The summed E-state index contributed by atoms with van der Waals surface area (Å²) in [6, 6.07) is 5.78. The summed E-state index contributed by atoms with van der Waals surface area (Å²) < 4.78 is 5.15. The first kappa shape index (κ1) is 9.58. The Balaban J connectivity index is 2.71. The van der Waals surface area contributed by atoms with Crippen LogP contribution in [-0.2, 0) is 4.79 Å². The smallest absolute Gasteiger partial charge is 0.255 e. The summed E-state index contributed by atoms with van der Waals surface area (Å²) in [5.74, 6) is 0.232. The van der Waals surface area contributed by atoms with E-state index in [9.17, 15) is 4.79 Å². The first-order valence-corrected chi connectivity index (χ1v) is 4.07. The molecule has 0 radical (unpaired) electrons. The summed E-state index contributed by atoms with van der Waals surface area (Å²) in [6.45, 7) is 3.89. The minimum atomic E-state index is -0.459. The molecule has 2 N–H and O–H groups in total. The summed E-state index contributed by atoms with van der Waals surface area (Å²) in [5.41, 5.74) is 7.17. The summed E-state index contributed by atoms with van der Waals surface area (Å²) in [5, 5.41) is 0. The van der Waals surface area contributed by atoms with Crippen LogP contribution >= 0.6 is 0 Å². The first-order chi connectivity index (χ1) is 6.08. The monoisotopic (exact) mass is 179 g/mol. The molecule has 0 aliphatic carbocycles. The molecule has 3 nitrogen and oxygen atoms in total. The van der Waals surface area contributed by atoms with E-state index in [2.05, 4.69) is 0 Å². The van der Waals surface area contributed by atoms with Crippen molar-refractivity contribution in [1.82, 2.24) is 0 Å². The van der Waals surface area contributed by atoms with Gasteiger partial charge in [-0.25, -0.2) is 0 Å². The molecule has 1 aromatic rings. The van der Waals surface area contributed by atoms with Crippen molar-refractivity contribution in [2.45, 2.75) is 13.8 Å². The fraction of sp³-hybridized carbons (Fsp3) is 0.300. The van der Waals surface area contributed by atoms with Crippen molar-refractivity contribution in [3.05, 3.63) is 29.3 Å². The number of primary amides is 1. The van der Waals surface area contributed by atoms with Crippen molar-refractivity contribution in [2.24, 2.45) is 5.73 Å². The molecule has 1 amide bonds. The van der Waals surface area contributed by atoms with Gasteiger partial charge in [0.1, 0.15) is 5.75 Å². The van der Waals surface area contributed by atoms with Gasteiger partial charge in [-0.15, -0.1) is 0 Å². The Kier molecular flexibility index (Phi) is 2.90. The molecule has 0 fully saturated rings. The number of aryl methyl sites for hydroxylation is 2. The Morgan fingerprint density at radius 1 is 1.31 bits per heavy atom. The lowest BCUT2D eigenvalue weighted by atomic mass is 10.1. The van der Waals surface area contributed by atoms with Crippen LogP contribution in [0.25, 0.3) is 0 Å². The summed E-state index contributed by atoms with van der Waals surface area (Å²) in [7, 11) is 0. The number of carbonyl (C=O) groups excluding carboxylic acids is 1. The Morgan fingerprint density at radius 3 is 2.31 bits per heavy atom. The molecule has 0 atom stereocenters. The van der Waals surface area contributed by atoms with E-state index in [1.807, 2.05) is 32.0 Å². The van der Waals surface area contributed by atoms with Gasteiger partial charge in [0.05, 0.1) is 0 Å². The van der Waals surface area contributed by atoms with Crippen molar-refractivity contribution in [2.75, 3.05) is 6.61 Å². The van der Waals surface area contributed by atoms with Crippen molar-refractivity contribution < 1.29 is 9.53 Å². The van der Waals surface area contributed by atoms with E-state index in [-0.39, 0.29) is 6.61 Å². The predicted octanol–water partition coefficient (Wildman–Crippen LogP) is 1.17. The van der Waals surface area contributed by atoms with Gasteiger partial charge in [0.15, 0.2) is 6.61 Å². The quantitative estimate of drug-likeness (QED) is 0.757. The van der Waals surface area contributed by atoms with Gasteiger partial charge in [0.25, 0.3) is 5.91 Å². The van der Waals surface area contributed by atoms with Gasteiger partial charge < -0.3 is 10.5 Å². The highest BCUT2D eigenvalue weighted by atomic mass is 16.5. The van der Waals surface area contributed by atoms with Gasteiger partial charge in [-0.05, 0) is 37.1 Å². The highest BCUT2D eigenvalue weighted by Crippen LogP contribution is 2.15. The average Bonchev–Trinajstić information content (AvgIpc) is 1.99. The van der Waals surface area contributed by atoms with E-state index in [1.165, 1.54) is 0 Å². The zero-order valence-electron chi connectivity index (χ0n) is 7.83. The number of nitrogens with two attached hydrogens (primary N) is 1. The summed E-state index contributed by atoms with van der Waals surface area (Å²) >= 11 is 0. The van der Waals surface area contributed by atoms with E-state index in [0.717, 1.165) is 11.1 Å². The number of carbonyl (C=O) groups is 1. The molecule has 1 rings (SSSR count). The molecule has 3 heteroatoms. The number of rotatable bonds is 3. The molecule has 1 aromatic carbocycles. The minimum Gasteiger partial charge on any atom is -0.484 e. The molecule has 0 aromatic heterocycles.